The maximum absolute atomic E-state index is 12.5. The van der Waals surface area contributed by atoms with Crippen LogP contribution in [0.1, 0.15) is 31.7 Å². The van der Waals surface area contributed by atoms with Gasteiger partial charge in [-0.15, -0.1) is 11.8 Å². The highest BCUT2D eigenvalue weighted by atomic mass is 32.2. The van der Waals surface area contributed by atoms with Gasteiger partial charge in [-0.1, -0.05) is 13.3 Å². The zero-order chi connectivity index (χ0) is 17.0. The zero-order valence-corrected chi connectivity index (χ0v) is 13.5. The fourth-order valence-electron chi connectivity index (χ4n) is 2.65. The highest BCUT2D eigenvalue weighted by molar-refractivity contribution is 7.99. The standard InChI is InChI=1S/C16H18F3NO2S/c1-2-10(11-5-13(21)7-14(22)6-11)9-23-15-4-3-12(8-20-15)16(17,18)19/h3-4,7-8,10-11,21H,2,5-6,9H2,1H3. The molecular weight excluding hydrogens is 327 g/mol. The number of rotatable bonds is 5. The molecular formula is C16H18F3NO2S. The molecule has 7 heteroatoms. The Bertz CT molecular complexity index is 584. The minimum atomic E-state index is -4.38. The molecule has 1 N–H and O–H groups in total. The van der Waals surface area contributed by atoms with Gasteiger partial charge < -0.3 is 5.11 Å². The summed E-state index contributed by atoms with van der Waals surface area (Å²) in [5, 5.41) is 10.1. The summed E-state index contributed by atoms with van der Waals surface area (Å²) in [5.41, 5.74) is -0.762. The molecule has 23 heavy (non-hydrogen) atoms. The topological polar surface area (TPSA) is 50.2 Å². The summed E-state index contributed by atoms with van der Waals surface area (Å²) in [7, 11) is 0. The molecule has 0 spiro atoms. The third-order valence-electron chi connectivity index (χ3n) is 3.96. The first-order chi connectivity index (χ1) is 10.8. The Morgan fingerprint density at radius 3 is 2.65 bits per heavy atom. The molecule has 0 saturated carbocycles. The second kappa shape index (κ2) is 7.38. The molecule has 0 radical (unpaired) electrons. The van der Waals surface area contributed by atoms with Crippen LogP contribution in [0.4, 0.5) is 13.2 Å². The lowest BCUT2D eigenvalue weighted by molar-refractivity contribution is -0.137. The number of aliphatic hydroxyl groups excluding tert-OH is 1. The van der Waals surface area contributed by atoms with Crippen molar-refractivity contribution in [1.82, 2.24) is 4.98 Å². The Kier molecular flexibility index (Phi) is 5.73. The third-order valence-corrected chi connectivity index (χ3v) is 5.09. The van der Waals surface area contributed by atoms with Gasteiger partial charge in [0.15, 0.2) is 5.78 Å². The van der Waals surface area contributed by atoms with Crippen molar-refractivity contribution in [3.8, 4) is 0 Å². The van der Waals surface area contributed by atoms with Gasteiger partial charge in [0.2, 0.25) is 0 Å². The van der Waals surface area contributed by atoms with Crippen LogP contribution in [0.3, 0.4) is 0 Å². The molecule has 1 aromatic rings. The van der Waals surface area contributed by atoms with Crippen molar-refractivity contribution in [2.45, 2.75) is 37.4 Å². The molecule has 1 aromatic heterocycles. The number of aliphatic hydroxyl groups is 1. The first-order valence-corrected chi connectivity index (χ1v) is 8.36. The van der Waals surface area contributed by atoms with Gasteiger partial charge in [0.05, 0.1) is 16.3 Å². The minimum absolute atomic E-state index is 0.0689. The first-order valence-electron chi connectivity index (χ1n) is 7.38. The number of allylic oxidation sites excluding steroid dienone is 2. The highest BCUT2D eigenvalue weighted by Gasteiger charge is 2.31. The Morgan fingerprint density at radius 2 is 2.13 bits per heavy atom. The van der Waals surface area contributed by atoms with Crippen molar-refractivity contribution in [3.63, 3.8) is 0 Å². The smallest absolute Gasteiger partial charge is 0.417 e. The number of thioether (sulfide) groups is 1. The van der Waals surface area contributed by atoms with Gasteiger partial charge in [0, 0.05) is 30.9 Å². The molecule has 2 rings (SSSR count). The SMILES string of the molecule is CCC(CSc1ccc(C(F)(F)F)cn1)C1CC(=O)C=C(O)C1. The van der Waals surface area contributed by atoms with Crippen molar-refractivity contribution < 1.29 is 23.1 Å². The molecule has 1 aliphatic rings. The highest BCUT2D eigenvalue weighted by Crippen LogP contribution is 2.34. The number of aromatic nitrogens is 1. The summed E-state index contributed by atoms with van der Waals surface area (Å²) in [6.45, 7) is 2.01. The maximum atomic E-state index is 12.5. The van der Waals surface area contributed by atoms with Crippen LogP contribution in [0, 0.1) is 11.8 Å². The van der Waals surface area contributed by atoms with Crippen LogP contribution < -0.4 is 0 Å². The van der Waals surface area contributed by atoms with E-state index in [1.165, 1.54) is 23.9 Å². The molecule has 2 unspecified atom stereocenters. The van der Waals surface area contributed by atoms with Crippen molar-refractivity contribution in [2.24, 2.45) is 11.8 Å². The van der Waals surface area contributed by atoms with E-state index in [1.807, 2.05) is 6.92 Å². The number of hydrogen-bond acceptors (Lipinski definition) is 4. The normalized spacial score (nSPS) is 20.3. The van der Waals surface area contributed by atoms with Crippen LogP contribution in [0.25, 0.3) is 0 Å². The van der Waals surface area contributed by atoms with Crippen molar-refractivity contribution in [1.29, 1.82) is 0 Å². The van der Waals surface area contributed by atoms with E-state index in [9.17, 15) is 23.1 Å². The largest absolute Gasteiger partial charge is 0.512 e. The van der Waals surface area contributed by atoms with Gasteiger partial charge in [-0.3, -0.25) is 4.79 Å². The van der Waals surface area contributed by atoms with Crippen LogP contribution >= 0.6 is 11.8 Å². The number of ketones is 1. The van der Waals surface area contributed by atoms with Gasteiger partial charge in [-0.2, -0.15) is 13.2 Å². The zero-order valence-electron chi connectivity index (χ0n) is 12.6. The number of nitrogens with zero attached hydrogens (tertiary/aromatic N) is 1. The van der Waals surface area contributed by atoms with Gasteiger partial charge in [-0.25, -0.2) is 4.98 Å². The Morgan fingerprint density at radius 1 is 1.39 bits per heavy atom. The molecule has 1 heterocycles. The van der Waals surface area contributed by atoms with Gasteiger partial charge in [-0.05, 0) is 24.0 Å². The lowest BCUT2D eigenvalue weighted by Gasteiger charge is -2.27. The van der Waals surface area contributed by atoms with E-state index in [2.05, 4.69) is 4.98 Å². The Hall–Kier alpha value is -1.50. The van der Waals surface area contributed by atoms with E-state index in [1.54, 1.807) is 0 Å². The molecule has 2 atom stereocenters. The van der Waals surface area contributed by atoms with Gasteiger partial charge in [0.1, 0.15) is 0 Å². The fraction of sp³-hybridized carbons (Fsp3) is 0.500. The van der Waals surface area contributed by atoms with E-state index < -0.39 is 11.7 Å². The summed E-state index contributed by atoms with van der Waals surface area (Å²) in [6.07, 6.45) is -0.558. The number of carbonyl (C=O) groups is 1. The number of alkyl halides is 3. The average Bonchev–Trinajstić information content (AvgIpc) is 2.46. The molecule has 0 amide bonds. The molecule has 0 aromatic carbocycles. The van der Waals surface area contributed by atoms with Crippen molar-refractivity contribution in [2.75, 3.05) is 5.75 Å². The van der Waals surface area contributed by atoms with Crippen LogP contribution in [0.2, 0.25) is 0 Å². The summed E-state index contributed by atoms with van der Waals surface area (Å²) in [4.78, 5) is 15.4. The Balaban J connectivity index is 1.95. The van der Waals surface area contributed by atoms with Crippen molar-refractivity contribution >= 4 is 17.5 Å². The van der Waals surface area contributed by atoms with Crippen LogP contribution in [0.5, 0.6) is 0 Å². The fourth-order valence-corrected chi connectivity index (χ4v) is 3.83. The van der Waals surface area contributed by atoms with E-state index in [0.717, 1.165) is 18.7 Å². The summed E-state index contributed by atoms with van der Waals surface area (Å²) in [5.74, 6) is 0.959. The summed E-state index contributed by atoms with van der Waals surface area (Å²) >= 11 is 1.38. The molecule has 126 valence electrons. The summed E-state index contributed by atoms with van der Waals surface area (Å²) in [6, 6.07) is 2.39. The lowest BCUT2D eigenvalue weighted by atomic mass is 9.81. The number of carbonyl (C=O) groups excluding carboxylic acids is 1. The van der Waals surface area contributed by atoms with Crippen LogP contribution in [-0.4, -0.2) is 21.6 Å². The van der Waals surface area contributed by atoms with E-state index in [-0.39, 0.29) is 23.4 Å². The van der Waals surface area contributed by atoms with Gasteiger partial charge >= 0.3 is 6.18 Å². The van der Waals surface area contributed by atoms with E-state index in [0.29, 0.717) is 23.6 Å². The second-order valence-corrected chi connectivity index (χ2v) is 6.67. The number of pyridine rings is 1. The summed E-state index contributed by atoms with van der Waals surface area (Å²) < 4.78 is 37.5. The molecule has 0 saturated heterocycles. The minimum Gasteiger partial charge on any atom is -0.512 e. The van der Waals surface area contributed by atoms with Crippen LogP contribution in [0.15, 0.2) is 35.2 Å². The average molecular weight is 345 g/mol. The predicted octanol–water partition coefficient (Wildman–Crippen LogP) is 4.64. The van der Waals surface area contributed by atoms with E-state index in [4.69, 9.17) is 0 Å². The monoisotopic (exact) mass is 345 g/mol. The van der Waals surface area contributed by atoms with E-state index >= 15 is 0 Å². The molecule has 0 bridgehead atoms. The van der Waals surface area contributed by atoms with Crippen LogP contribution in [-0.2, 0) is 11.0 Å². The maximum Gasteiger partial charge on any atom is 0.417 e. The molecule has 1 aliphatic carbocycles. The lowest BCUT2D eigenvalue weighted by Crippen LogP contribution is -2.23. The first kappa shape index (κ1) is 17.8. The molecule has 0 fully saturated rings. The third kappa shape index (κ3) is 4.99. The predicted molar refractivity (Wildman–Crippen MR) is 82.2 cm³/mol. The molecule has 0 aliphatic heterocycles. The number of halogens is 3. The van der Waals surface area contributed by atoms with Crippen molar-refractivity contribution in [3.05, 3.63) is 35.7 Å². The second-order valence-electron chi connectivity index (χ2n) is 5.63. The van der Waals surface area contributed by atoms with Gasteiger partial charge in [0.25, 0.3) is 0 Å². The quantitative estimate of drug-likeness (QED) is 0.790. The molecule has 3 nitrogen and oxygen atoms in total. The number of hydrogen-bond donors (Lipinski definition) is 1. The Labute approximate surface area is 137 Å².